The smallest absolute Gasteiger partial charge is 0.264 e. The van der Waals surface area contributed by atoms with Gasteiger partial charge in [-0.2, -0.15) is 0 Å². The van der Waals surface area contributed by atoms with Crippen LogP contribution in [0.4, 0.5) is 4.39 Å². The van der Waals surface area contributed by atoms with Crippen LogP contribution in [0, 0.1) is 11.7 Å². The highest BCUT2D eigenvalue weighted by Gasteiger charge is 2.35. The number of hydrogen-bond donors (Lipinski definition) is 1. The third kappa shape index (κ3) is 5.95. The largest absolute Gasteiger partial charge is 0.493 e. The Morgan fingerprint density at radius 2 is 1.91 bits per heavy atom. The zero-order valence-electron chi connectivity index (χ0n) is 18.6. The summed E-state index contributed by atoms with van der Waals surface area (Å²) in [4.78, 5) is 14.5. The van der Waals surface area contributed by atoms with Gasteiger partial charge in [-0.05, 0) is 54.2 Å². The molecule has 9 heteroatoms. The molecule has 0 aromatic heterocycles. The van der Waals surface area contributed by atoms with Crippen molar-refractivity contribution in [2.24, 2.45) is 5.92 Å². The second kappa shape index (κ2) is 10.8. The maximum Gasteiger partial charge on any atom is 0.264 e. The summed E-state index contributed by atoms with van der Waals surface area (Å²) in [5, 5.41) is 1.20. The first-order valence-corrected chi connectivity index (χ1v) is 12.9. The van der Waals surface area contributed by atoms with Crippen molar-refractivity contribution in [2.75, 3.05) is 39.7 Å². The first-order valence-electron chi connectivity index (χ1n) is 10.9. The van der Waals surface area contributed by atoms with Crippen molar-refractivity contribution in [1.29, 1.82) is 0 Å². The fraction of sp³-hybridized carbons (Fsp3) is 0.458. The number of nitrogens with zero attached hydrogens (tertiary/aromatic N) is 1. The van der Waals surface area contributed by atoms with Crippen molar-refractivity contribution in [3.05, 3.63) is 62.9 Å². The molecule has 1 saturated heterocycles. The van der Waals surface area contributed by atoms with Crippen LogP contribution >= 0.6 is 35.1 Å². The highest BCUT2D eigenvalue weighted by Crippen LogP contribution is 2.45. The van der Waals surface area contributed by atoms with Crippen LogP contribution in [-0.2, 0) is 4.74 Å². The highest BCUT2D eigenvalue weighted by molar-refractivity contribution is 7.97. The number of carbonyl (C=O) groups excluding carboxylic acids is 1. The number of rotatable bonds is 10. The molecule has 0 spiro atoms. The number of hydrogen-bond acceptors (Lipinski definition) is 5. The monoisotopic (exact) mass is 512 g/mol. The molecule has 2 aliphatic rings. The standard InChI is InChI=1S/C24H27Cl2FN2O3S/c1-31-13-22(16-5-17(25)7-18(26)6-16)29-10-14(11-29)12-32-23-9-21(27)20(24(30)28-33-2)8-19(23)15-3-4-15/h5-9,14-15,22H,3-4,10-13H2,1-2H3,(H,28,30). The molecule has 1 saturated carbocycles. The molecule has 4 rings (SSSR count). The number of methoxy groups -OCH3 is 1. The van der Waals surface area contributed by atoms with Crippen LogP contribution in [0.3, 0.4) is 0 Å². The molecular formula is C24H27Cl2FN2O3S. The molecule has 1 atom stereocenters. The van der Waals surface area contributed by atoms with Gasteiger partial charge in [0.05, 0.1) is 24.8 Å². The van der Waals surface area contributed by atoms with E-state index in [0.29, 0.717) is 40.8 Å². The van der Waals surface area contributed by atoms with E-state index in [4.69, 9.17) is 32.7 Å². The summed E-state index contributed by atoms with van der Waals surface area (Å²) in [5.41, 5.74) is 2.01. The lowest BCUT2D eigenvalue weighted by molar-refractivity contribution is -0.00582. The maximum absolute atomic E-state index is 14.6. The minimum atomic E-state index is -0.561. The first-order chi connectivity index (χ1) is 15.9. The normalized spacial score (nSPS) is 17.5. The molecule has 1 N–H and O–H groups in total. The van der Waals surface area contributed by atoms with Crippen LogP contribution in [0.1, 0.15) is 46.3 Å². The van der Waals surface area contributed by atoms with Crippen molar-refractivity contribution in [3.63, 3.8) is 0 Å². The lowest BCUT2D eigenvalue weighted by atomic mass is 9.95. The van der Waals surface area contributed by atoms with Gasteiger partial charge in [-0.25, -0.2) is 4.39 Å². The molecule has 5 nitrogen and oxygen atoms in total. The van der Waals surface area contributed by atoms with Gasteiger partial charge in [0, 0.05) is 48.5 Å². The van der Waals surface area contributed by atoms with E-state index >= 15 is 0 Å². The van der Waals surface area contributed by atoms with Gasteiger partial charge in [0.1, 0.15) is 11.6 Å². The second-order valence-electron chi connectivity index (χ2n) is 8.58. The molecule has 33 heavy (non-hydrogen) atoms. The number of amides is 1. The Hall–Kier alpha value is -1.51. The fourth-order valence-electron chi connectivity index (χ4n) is 4.25. The number of benzene rings is 2. The van der Waals surface area contributed by atoms with E-state index in [1.807, 2.05) is 12.1 Å². The van der Waals surface area contributed by atoms with Crippen LogP contribution in [0.5, 0.6) is 5.75 Å². The van der Waals surface area contributed by atoms with Gasteiger partial charge in [-0.15, -0.1) is 0 Å². The SMILES string of the molecule is COCC(c1cc(Cl)cc(Cl)c1)N1CC(COc2cc(F)c(C(=O)NSC)cc2C2CC2)C1. The van der Waals surface area contributed by atoms with Gasteiger partial charge >= 0.3 is 0 Å². The predicted octanol–water partition coefficient (Wildman–Crippen LogP) is 5.72. The van der Waals surface area contributed by atoms with Gasteiger partial charge < -0.3 is 9.47 Å². The van der Waals surface area contributed by atoms with Gasteiger partial charge in [0.15, 0.2) is 0 Å². The zero-order chi connectivity index (χ0) is 23.5. The predicted molar refractivity (Wildman–Crippen MR) is 131 cm³/mol. The topological polar surface area (TPSA) is 50.8 Å². The molecule has 1 amide bonds. The molecule has 2 fully saturated rings. The summed E-state index contributed by atoms with van der Waals surface area (Å²) < 4.78 is 28.7. The second-order valence-corrected chi connectivity index (χ2v) is 10.1. The van der Waals surface area contributed by atoms with Crippen LogP contribution in [-0.4, -0.2) is 50.5 Å². The molecule has 2 aromatic carbocycles. The quantitative estimate of drug-likeness (QED) is 0.412. The Morgan fingerprint density at radius 3 is 2.52 bits per heavy atom. The highest BCUT2D eigenvalue weighted by atomic mass is 35.5. The lowest BCUT2D eigenvalue weighted by Gasteiger charge is -2.44. The minimum absolute atomic E-state index is 0.0520. The first kappa shape index (κ1) is 24.6. The van der Waals surface area contributed by atoms with E-state index < -0.39 is 11.7 Å². The number of ether oxygens (including phenoxy) is 2. The minimum Gasteiger partial charge on any atom is -0.493 e. The third-order valence-corrected chi connectivity index (χ3v) is 6.88. The summed E-state index contributed by atoms with van der Waals surface area (Å²) >= 11 is 13.5. The number of nitrogens with one attached hydrogen (secondary N) is 1. The zero-order valence-corrected chi connectivity index (χ0v) is 20.9. The summed E-state index contributed by atoms with van der Waals surface area (Å²) in [7, 11) is 1.68. The molecule has 1 aliphatic heterocycles. The van der Waals surface area contributed by atoms with Crippen LogP contribution in [0.15, 0.2) is 30.3 Å². The van der Waals surface area contributed by atoms with Gasteiger partial charge in [-0.1, -0.05) is 35.1 Å². The Morgan fingerprint density at radius 1 is 1.21 bits per heavy atom. The maximum atomic E-state index is 14.6. The summed E-state index contributed by atoms with van der Waals surface area (Å²) in [6.07, 6.45) is 3.79. The molecule has 2 aromatic rings. The van der Waals surface area contributed by atoms with Crippen molar-refractivity contribution < 1.29 is 18.7 Å². The van der Waals surface area contributed by atoms with Crippen LogP contribution in [0.25, 0.3) is 0 Å². The summed E-state index contributed by atoms with van der Waals surface area (Å²) in [6, 6.07) is 8.62. The van der Waals surface area contributed by atoms with Crippen LogP contribution in [0.2, 0.25) is 10.0 Å². The van der Waals surface area contributed by atoms with Gasteiger partial charge in [0.2, 0.25) is 0 Å². The van der Waals surface area contributed by atoms with Crippen molar-refractivity contribution in [3.8, 4) is 5.75 Å². The van der Waals surface area contributed by atoms with Gasteiger partial charge in [0.25, 0.3) is 5.91 Å². The van der Waals surface area contributed by atoms with E-state index in [1.165, 1.54) is 6.07 Å². The van der Waals surface area contributed by atoms with Crippen molar-refractivity contribution in [2.45, 2.75) is 24.8 Å². The Bertz CT molecular complexity index is 995. The third-order valence-electron chi connectivity index (χ3n) is 6.05. The summed E-state index contributed by atoms with van der Waals surface area (Å²) in [6.45, 7) is 2.67. The number of halogens is 3. The van der Waals surface area contributed by atoms with Crippen LogP contribution < -0.4 is 9.46 Å². The molecule has 1 aliphatic carbocycles. The van der Waals surface area contributed by atoms with Crippen molar-refractivity contribution >= 4 is 41.1 Å². The molecular weight excluding hydrogens is 486 g/mol. The Labute approximate surface area is 208 Å². The molecule has 178 valence electrons. The average Bonchev–Trinajstić information content (AvgIpc) is 3.56. The van der Waals surface area contributed by atoms with Crippen molar-refractivity contribution in [1.82, 2.24) is 9.62 Å². The average molecular weight is 513 g/mol. The number of likely N-dealkylation sites (tertiary alicyclic amines) is 1. The Balaban J connectivity index is 1.39. The summed E-state index contributed by atoms with van der Waals surface area (Å²) in [5.74, 6) is 0.207. The van der Waals surface area contributed by atoms with E-state index in [-0.39, 0.29) is 11.6 Å². The fourth-order valence-corrected chi connectivity index (χ4v) is 5.09. The molecule has 1 unspecified atom stereocenters. The van der Waals surface area contributed by atoms with E-state index in [9.17, 15) is 9.18 Å². The molecule has 0 bridgehead atoms. The number of carbonyl (C=O) groups is 1. The molecule has 0 radical (unpaired) electrons. The Kier molecular flexibility index (Phi) is 8.07. The molecule has 1 heterocycles. The van der Waals surface area contributed by atoms with E-state index in [1.54, 1.807) is 25.5 Å². The lowest BCUT2D eigenvalue weighted by Crippen LogP contribution is -2.51. The van der Waals surface area contributed by atoms with Gasteiger partial charge in [-0.3, -0.25) is 14.4 Å². The van der Waals surface area contributed by atoms with E-state index in [2.05, 4.69) is 9.62 Å². The van der Waals surface area contributed by atoms with E-state index in [0.717, 1.165) is 49.0 Å².